The Morgan fingerprint density at radius 1 is 1.45 bits per heavy atom. The molecule has 1 heterocycles. The van der Waals surface area contributed by atoms with Crippen molar-refractivity contribution in [3.63, 3.8) is 0 Å². The highest BCUT2D eigenvalue weighted by Gasteiger charge is 2.22. The van der Waals surface area contributed by atoms with Crippen LogP contribution in [-0.4, -0.2) is 29.5 Å². The zero-order valence-corrected chi connectivity index (χ0v) is 11.2. The molecule has 0 saturated carbocycles. The summed E-state index contributed by atoms with van der Waals surface area (Å²) in [4.78, 5) is 16.4. The number of nitrogens with one attached hydrogen (secondary N) is 2. The van der Waals surface area contributed by atoms with Crippen LogP contribution in [0, 0.1) is 5.82 Å². The number of imidazole rings is 1. The van der Waals surface area contributed by atoms with Gasteiger partial charge in [0.25, 0.3) is 10.0 Å². The molecule has 0 aliphatic rings. The number of aromatic nitrogens is 2. The lowest BCUT2D eigenvalue weighted by Gasteiger charge is -2.08. The van der Waals surface area contributed by atoms with E-state index in [1.807, 2.05) is 4.72 Å². The number of aromatic amines is 1. The molecule has 0 atom stereocenters. The number of aromatic carboxylic acids is 1. The average Bonchev–Trinajstić information content (AvgIpc) is 2.83. The van der Waals surface area contributed by atoms with Crippen LogP contribution in [0.4, 0.5) is 10.3 Å². The Morgan fingerprint density at radius 3 is 2.70 bits per heavy atom. The van der Waals surface area contributed by atoms with Crippen LogP contribution in [0.25, 0.3) is 0 Å². The zero-order chi connectivity index (χ0) is 14.9. The van der Waals surface area contributed by atoms with Gasteiger partial charge >= 0.3 is 5.97 Å². The molecule has 0 bridgehead atoms. The van der Waals surface area contributed by atoms with E-state index in [-0.39, 0.29) is 5.95 Å². The summed E-state index contributed by atoms with van der Waals surface area (Å²) in [6, 6.07) is 1.39. The smallest absolute Gasteiger partial charge is 0.337 e. The van der Waals surface area contributed by atoms with Crippen molar-refractivity contribution >= 4 is 33.5 Å². The minimum atomic E-state index is -4.18. The normalized spacial score (nSPS) is 11.3. The Kier molecular flexibility index (Phi) is 3.64. The third kappa shape index (κ3) is 2.73. The van der Waals surface area contributed by atoms with Gasteiger partial charge in [0.15, 0.2) is 0 Å². The van der Waals surface area contributed by atoms with Crippen LogP contribution in [0.2, 0.25) is 5.02 Å². The molecule has 0 unspecified atom stereocenters. The molecule has 7 nitrogen and oxygen atoms in total. The average molecular weight is 320 g/mol. The zero-order valence-electron chi connectivity index (χ0n) is 9.59. The Bertz CT molecular complexity index is 761. The fourth-order valence-corrected chi connectivity index (χ4v) is 2.59. The summed E-state index contributed by atoms with van der Waals surface area (Å²) < 4.78 is 39.5. The first-order valence-electron chi connectivity index (χ1n) is 5.06. The predicted octanol–water partition coefficient (Wildman–Crippen LogP) is 1.70. The Balaban J connectivity index is 2.49. The van der Waals surface area contributed by atoms with Crippen LogP contribution in [0.3, 0.4) is 0 Å². The first kappa shape index (κ1) is 14.3. The molecule has 3 N–H and O–H groups in total. The fraction of sp³-hybridized carbons (Fsp3) is 0. The Labute approximate surface area is 117 Å². The van der Waals surface area contributed by atoms with Gasteiger partial charge in [-0.2, -0.15) is 0 Å². The van der Waals surface area contributed by atoms with E-state index in [2.05, 4.69) is 9.97 Å². The van der Waals surface area contributed by atoms with Crippen molar-refractivity contribution in [1.29, 1.82) is 0 Å². The van der Waals surface area contributed by atoms with Crippen molar-refractivity contribution in [2.45, 2.75) is 4.90 Å². The van der Waals surface area contributed by atoms with Gasteiger partial charge < -0.3 is 10.1 Å². The monoisotopic (exact) mass is 319 g/mol. The number of carboxylic acid groups (broad SMARTS) is 1. The van der Waals surface area contributed by atoms with Gasteiger partial charge in [0.2, 0.25) is 5.95 Å². The predicted molar refractivity (Wildman–Crippen MR) is 67.8 cm³/mol. The highest BCUT2D eigenvalue weighted by atomic mass is 35.5. The van der Waals surface area contributed by atoms with E-state index < -0.39 is 37.3 Å². The van der Waals surface area contributed by atoms with E-state index >= 15 is 0 Å². The number of carbonyl (C=O) groups is 1. The van der Waals surface area contributed by atoms with Crippen LogP contribution >= 0.6 is 11.6 Å². The van der Waals surface area contributed by atoms with Crippen LogP contribution in [0.5, 0.6) is 0 Å². The summed E-state index contributed by atoms with van der Waals surface area (Å²) in [6.07, 6.45) is 2.69. The van der Waals surface area contributed by atoms with Crippen LogP contribution in [0.1, 0.15) is 10.4 Å². The van der Waals surface area contributed by atoms with Gasteiger partial charge in [0, 0.05) is 12.4 Å². The summed E-state index contributed by atoms with van der Waals surface area (Å²) in [5.41, 5.74) is -0.647. The third-order valence-corrected chi connectivity index (χ3v) is 3.97. The van der Waals surface area contributed by atoms with E-state index in [4.69, 9.17) is 16.7 Å². The van der Waals surface area contributed by atoms with E-state index in [1.54, 1.807) is 0 Å². The van der Waals surface area contributed by atoms with Gasteiger partial charge in [-0.3, -0.25) is 0 Å². The maximum absolute atomic E-state index is 13.5. The third-order valence-electron chi connectivity index (χ3n) is 2.27. The second-order valence-corrected chi connectivity index (χ2v) is 5.68. The molecule has 1 aromatic heterocycles. The van der Waals surface area contributed by atoms with Crippen molar-refractivity contribution in [3.05, 3.63) is 40.9 Å². The van der Waals surface area contributed by atoms with Crippen molar-refractivity contribution in [2.24, 2.45) is 0 Å². The minimum Gasteiger partial charge on any atom is -0.478 e. The first-order chi connectivity index (χ1) is 9.31. The number of hydrogen-bond acceptors (Lipinski definition) is 4. The molecule has 0 radical (unpaired) electrons. The molecular weight excluding hydrogens is 313 g/mol. The summed E-state index contributed by atoms with van der Waals surface area (Å²) in [7, 11) is -4.18. The second kappa shape index (κ2) is 5.10. The highest BCUT2D eigenvalue weighted by molar-refractivity contribution is 7.92. The van der Waals surface area contributed by atoms with Crippen molar-refractivity contribution < 1.29 is 22.7 Å². The summed E-state index contributed by atoms with van der Waals surface area (Å²) >= 11 is 5.46. The number of halogens is 2. The van der Waals surface area contributed by atoms with Gasteiger partial charge in [-0.05, 0) is 12.1 Å². The lowest BCUT2D eigenvalue weighted by molar-refractivity contribution is 0.0696. The van der Waals surface area contributed by atoms with Crippen LogP contribution in [0.15, 0.2) is 29.4 Å². The summed E-state index contributed by atoms with van der Waals surface area (Å²) in [5.74, 6) is -2.77. The molecule has 1 aromatic carbocycles. The molecule has 106 valence electrons. The Morgan fingerprint density at radius 2 is 2.15 bits per heavy atom. The highest BCUT2D eigenvalue weighted by Crippen LogP contribution is 2.25. The summed E-state index contributed by atoms with van der Waals surface area (Å²) in [6.45, 7) is 0. The molecule has 0 saturated heterocycles. The molecule has 2 rings (SSSR count). The van der Waals surface area contributed by atoms with E-state index in [0.29, 0.717) is 6.07 Å². The number of hydrogen-bond donors (Lipinski definition) is 3. The van der Waals surface area contributed by atoms with E-state index in [9.17, 15) is 17.6 Å². The number of H-pyrrole nitrogens is 1. The lowest BCUT2D eigenvalue weighted by atomic mass is 10.2. The topological polar surface area (TPSA) is 112 Å². The lowest BCUT2D eigenvalue weighted by Crippen LogP contribution is -2.15. The van der Waals surface area contributed by atoms with Gasteiger partial charge in [-0.25, -0.2) is 27.3 Å². The maximum Gasteiger partial charge on any atom is 0.337 e. The van der Waals surface area contributed by atoms with Crippen molar-refractivity contribution in [2.75, 3.05) is 4.72 Å². The quantitative estimate of drug-likeness (QED) is 0.794. The first-order valence-corrected chi connectivity index (χ1v) is 6.92. The van der Waals surface area contributed by atoms with Crippen LogP contribution in [-0.2, 0) is 10.0 Å². The number of anilines is 1. The second-order valence-electron chi connectivity index (χ2n) is 3.62. The van der Waals surface area contributed by atoms with E-state index in [1.165, 1.54) is 12.4 Å². The summed E-state index contributed by atoms with van der Waals surface area (Å²) in [5, 5.41) is 8.19. The fourth-order valence-electron chi connectivity index (χ4n) is 1.38. The molecule has 0 aliphatic carbocycles. The molecule has 2 aromatic rings. The van der Waals surface area contributed by atoms with Crippen molar-refractivity contribution in [1.82, 2.24) is 9.97 Å². The Hall–Kier alpha value is -2.13. The maximum atomic E-state index is 13.5. The van der Waals surface area contributed by atoms with Gasteiger partial charge in [0.1, 0.15) is 5.82 Å². The standard InChI is InChI=1S/C10H7ClFN3O4S/c11-8-6(9(16)17)3-5(4-7(8)12)20(18,19)15-10-13-1-2-14-10/h1-4H,(H,16,17)(H2,13,14,15). The number of nitrogens with zero attached hydrogens (tertiary/aromatic N) is 1. The van der Waals surface area contributed by atoms with E-state index in [0.717, 1.165) is 6.07 Å². The van der Waals surface area contributed by atoms with Crippen molar-refractivity contribution in [3.8, 4) is 0 Å². The van der Waals surface area contributed by atoms with Gasteiger partial charge in [0.05, 0.1) is 15.5 Å². The minimum absolute atomic E-state index is 0.0859. The number of rotatable bonds is 4. The molecule has 0 aliphatic heterocycles. The molecule has 0 fully saturated rings. The molecule has 0 amide bonds. The largest absolute Gasteiger partial charge is 0.478 e. The molecule has 20 heavy (non-hydrogen) atoms. The number of benzene rings is 1. The van der Waals surface area contributed by atoms with Gasteiger partial charge in [-0.15, -0.1) is 0 Å². The number of sulfonamides is 1. The number of carboxylic acids is 1. The molecular formula is C10H7ClFN3O4S. The van der Waals surface area contributed by atoms with Crippen LogP contribution < -0.4 is 4.72 Å². The SMILES string of the molecule is O=C(O)c1cc(S(=O)(=O)Nc2ncc[nH]2)cc(F)c1Cl. The molecule has 0 spiro atoms. The molecule has 10 heteroatoms. The van der Waals surface area contributed by atoms with Gasteiger partial charge in [-0.1, -0.05) is 11.6 Å².